The van der Waals surface area contributed by atoms with Gasteiger partial charge in [0.1, 0.15) is 0 Å². The maximum absolute atomic E-state index is 5.85. The predicted molar refractivity (Wildman–Crippen MR) is 52.8 cm³/mol. The molecule has 0 heterocycles. The fourth-order valence-corrected chi connectivity index (χ4v) is 0.853. The van der Waals surface area contributed by atoms with E-state index in [1.54, 1.807) is 0 Å². The van der Waals surface area contributed by atoms with Gasteiger partial charge >= 0.3 is 0 Å². The molecule has 0 amide bonds. The number of hydrogen-bond donors (Lipinski definition) is 0. The molecule has 0 aromatic carbocycles. The standard InChI is InChI=1S/C8H9Cl.C2H6/c1-7-5-3-2-4-6-8(7)9;1-2/h2-5H,6H2,1H3;1-2H3. The number of allylic oxidation sites excluding steroid dienone is 6. The first-order valence-corrected chi connectivity index (χ1v) is 4.37. The van der Waals surface area contributed by atoms with Crippen molar-refractivity contribution in [2.24, 2.45) is 0 Å². The van der Waals surface area contributed by atoms with E-state index in [9.17, 15) is 0 Å². The average molecular weight is 171 g/mol. The lowest BCUT2D eigenvalue weighted by Gasteiger charge is -1.92. The molecule has 0 nitrogen and oxygen atoms in total. The van der Waals surface area contributed by atoms with Gasteiger partial charge in [-0.1, -0.05) is 49.8 Å². The van der Waals surface area contributed by atoms with Gasteiger partial charge in [0.2, 0.25) is 0 Å². The summed E-state index contributed by atoms with van der Waals surface area (Å²) in [5.41, 5.74) is 1.17. The molecule has 1 rings (SSSR count). The lowest BCUT2D eigenvalue weighted by molar-refractivity contribution is 1.31. The summed E-state index contributed by atoms with van der Waals surface area (Å²) < 4.78 is 0. The highest BCUT2D eigenvalue weighted by Gasteiger charge is 1.94. The van der Waals surface area contributed by atoms with Gasteiger partial charge in [0.25, 0.3) is 0 Å². The van der Waals surface area contributed by atoms with E-state index < -0.39 is 0 Å². The first kappa shape index (κ1) is 10.5. The maximum Gasteiger partial charge on any atom is 0.0247 e. The molecule has 0 radical (unpaired) electrons. The summed E-state index contributed by atoms with van der Waals surface area (Å²) in [5, 5.41) is 0.944. The predicted octanol–water partition coefficient (Wildman–Crippen LogP) is 4.04. The molecule has 11 heavy (non-hydrogen) atoms. The van der Waals surface area contributed by atoms with Crippen LogP contribution in [0.3, 0.4) is 0 Å². The van der Waals surface area contributed by atoms with Crippen LogP contribution in [-0.4, -0.2) is 0 Å². The number of halogens is 1. The van der Waals surface area contributed by atoms with Gasteiger partial charge in [0.15, 0.2) is 0 Å². The third-order valence-corrected chi connectivity index (χ3v) is 1.77. The molecule has 0 aromatic rings. The summed E-state index contributed by atoms with van der Waals surface area (Å²) >= 11 is 5.85. The van der Waals surface area contributed by atoms with Gasteiger partial charge in [-0.3, -0.25) is 0 Å². The van der Waals surface area contributed by atoms with Crippen molar-refractivity contribution in [3.8, 4) is 0 Å². The Bertz CT molecular complexity index is 185. The largest absolute Gasteiger partial charge is 0.0885 e. The zero-order chi connectivity index (χ0) is 8.69. The minimum atomic E-state index is 0.875. The summed E-state index contributed by atoms with van der Waals surface area (Å²) in [4.78, 5) is 0. The molecule has 1 aliphatic rings. The average Bonchev–Trinajstić information content (AvgIpc) is 2.22. The van der Waals surface area contributed by atoms with E-state index in [-0.39, 0.29) is 0 Å². The molecule has 0 spiro atoms. The molecule has 0 atom stereocenters. The van der Waals surface area contributed by atoms with Crippen LogP contribution in [0.25, 0.3) is 0 Å². The minimum absolute atomic E-state index is 0.875. The zero-order valence-corrected chi connectivity index (χ0v) is 8.15. The summed E-state index contributed by atoms with van der Waals surface area (Å²) in [6.45, 7) is 6.02. The van der Waals surface area contributed by atoms with Crippen LogP contribution in [0.15, 0.2) is 34.9 Å². The fourth-order valence-electron chi connectivity index (χ4n) is 0.701. The fraction of sp³-hybridized carbons (Fsp3) is 0.400. The van der Waals surface area contributed by atoms with E-state index in [1.165, 1.54) is 5.57 Å². The van der Waals surface area contributed by atoms with Crippen molar-refractivity contribution in [3.05, 3.63) is 34.9 Å². The quantitative estimate of drug-likeness (QED) is 0.515. The number of hydrogen-bond acceptors (Lipinski definition) is 0. The van der Waals surface area contributed by atoms with Gasteiger partial charge in [-0.25, -0.2) is 0 Å². The van der Waals surface area contributed by atoms with Crippen LogP contribution in [0.5, 0.6) is 0 Å². The van der Waals surface area contributed by atoms with Crippen molar-refractivity contribution in [2.45, 2.75) is 27.2 Å². The number of rotatable bonds is 0. The first-order valence-electron chi connectivity index (χ1n) is 3.99. The van der Waals surface area contributed by atoms with Gasteiger partial charge in [0.05, 0.1) is 0 Å². The van der Waals surface area contributed by atoms with E-state index in [4.69, 9.17) is 11.6 Å². The van der Waals surface area contributed by atoms with E-state index in [0.29, 0.717) is 0 Å². The molecule has 0 fully saturated rings. The molecule has 0 aromatic heterocycles. The molecular formula is C10H15Cl. The lowest BCUT2D eigenvalue weighted by Crippen LogP contribution is -1.72. The molecule has 0 bridgehead atoms. The second kappa shape index (κ2) is 6.23. The second-order valence-electron chi connectivity index (χ2n) is 2.08. The Morgan fingerprint density at radius 1 is 1.27 bits per heavy atom. The zero-order valence-electron chi connectivity index (χ0n) is 7.39. The molecule has 1 heteroatoms. The molecule has 0 saturated carbocycles. The molecule has 0 saturated heterocycles. The highest BCUT2D eigenvalue weighted by molar-refractivity contribution is 6.30. The van der Waals surface area contributed by atoms with Crippen LogP contribution in [0.4, 0.5) is 0 Å². The Kier molecular flexibility index (Phi) is 5.96. The van der Waals surface area contributed by atoms with Gasteiger partial charge < -0.3 is 0 Å². The summed E-state index contributed by atoms with van der Waals surface area (Å²) in [5.74, 6) is 0. The van der Waals surface area contributed by atoms with Crippen molar-refractivity contribution < 1.29 is 0 Å². The Morgan fingerprint density at radius 3 is 2.55 bits per heavy atom. The van der Waals surface area contributed by atoms with Crippen molar-refractivity contribution in [2.75, 3.05) is 0 Å². The molecule has 0 unspecified atom stereocenters. The van der Waals surface area contributed by atoms with Crippen LogP contribution in [0.1, 0.15) is 27.2 Å². The Morgan fingerprint density at radius 2 is 1.91 bits per heavy atom. The van der Waals surface area contributed by atoms with E-state index in [0.717, 1.165) is 11.5 Å². The maximum atomic E-state index is 5.85. The molecule has 1 aliphatic carbocycles. The third-order valence-electron chi connectivity index (χ3n) is 1.32. The Hall–Kier alpha value is -0.490. The van der Waals surface area contributed by atoms with Gasteiger partial charge in [-0.2, -0.15) is 0 Å². The van der Waals surface area contributed by atoms with Crippen molar-refractivity contribution in [1.82, 2.24) is 0 Å². The monoisotopic (exact) mass is 170 g/mol. The van der Waals surface area contributed by atoms with Crippen molar-refractivity contribution in [1.29, 1.82) is 0 Å². The van der Waals surface area contributed by atoms with Crippen molar-refractivity contribution in [3.63, 3.8) is 0 Å². The van der Waals surface area contributed by atoms with Crippen molar-refractivity contribution >= 4 is 11.6 Å². The van der Waals surface area contributed by atoms with E-state index in [2.05, 4.69) is 6.08 Å². The molecule has 0 aliphatic heterocycles. The third kappa shape index (κ3) is 4.05. The SMILES string of the molecule is CC.CC1=C(Cl)CC=CC=C1. The Balaban J connectivity index is 0.000000461. The van der Waals surface area contributed by atoms with E-state index >= 15 is 0 Å². The lowest BCUT2D eigenvalue weighted by atomic mass is 10.2. The molecule has 62 valence electrons. The minimum Gasteiger partial charge on any atom is -0.0885 e. The van der Waals surface area contributed by atoms with Crippen LogP contribution in [-0.2, 0) is 0 Å². The van der Waals surface area contributed by atoms with E-state index in [1.807, 2.05) is 39.0 Å². The van der Waals surface area contributed by atoms with Gasteiger partial charge in [0, 0.05) is 11.5 Å². The first-order chi connectivity index (χ1) is 5.30. The second-order valence-corrected chi connectivity index (χ2v) is 2.54. The van der Waals surface area contributed by atoms with Crippen LogP contribution in [0.2, 0.25) is 0 Å². The normalized spacial score (nSPS) is 15.6. The van der Waals surface area contributed by atoms with Gasteiger partial charge in [-0.15, -0.1) is 0 Å². The van der Waals surface area contributed by atoms with Crippen LogP contribution >= 0.6 is 11.6 Å². The molecule has 0 N–H and O–H groups in total. The summed E-state index contributed by atoms with van der Waals surface area (Å²) in [6, 6.07) is 0. The molecular weight excluding hydrogens is 156 g/mol. The van der Waals surface area contributed by atoms with Crippen LogP contribution in [0, 0.1) is 0 Å². The highest BCUT2D eigenvalue weighted by atomic mass is 35.5. The summed E-state index contributed by atoms with van der Waals surface area (Å²) in [6.07, 6.45) is 8.96. The highest BCUT2D eigenvalue weighted by Crippen LogP contribution is 2.17. The smallest absolute Gasteiger partial charge is 0.0247 e. The van der Waals surface area contributed by atoms with Crippen LogP contribution < -0.4 is 0 Å². The topological polar surface area (TPSA) is 0 Å². The van der Waals surface area contributed by atoms with Gasteiger partial charge in [-0.05, 0) is 12.5 Å². The summed E-state index contributed by atoms with van der Waals surface area (Å²) in [7, 11) is 0. The Labute approximate surface area is 74.3 Å².